The summed E-state index contributed by atoms with van der Waals surface area (Å²) in [7, 11) is 0. The highest BCUT2D eigenvalue weighted by molar-refractivity contribution is 6.31. The lowest BCUT2D eigenvalue weighted by Gasteiger charge is -2.37. The summed E-state index contributed by atoms with van der Waals surface area (Å²) in [5, 5.41) is 3.27. The Kier molecular flexibility index (Phi) is 12.8. The summed E-state index contributed by atoms with van der Waals surface area (Å²) in [4.78, 5) is 44.6. The Morgan fingerprint density at radius 1 is 0.661 bits per heavy atom. The molecule has 0 bridgehead atoms. The summed E-state index contributed by atoms with van der Waals surface area (Å²) in [5.74, 6) is 1.04. The van der Waals surface area contributed by atoms with Crippen molar-refractivity contribution in [3.05, 3.63) is 166 Å². The molecule has 62 heavy (non-hydrogen) atoms. The van der Waals surface area contributed by atoms with Crippen LogP contribution in [0.5, 0.6) is 0 Å². The second-order valence-corrected chi connectivity index (χ2v) is 18.3. The van der Waals surface area contributed by atoms with Gasteiger partial charge in [0, 0.05) is 40.7 Å². The molecule has 5 aromatic carbocycles. The molecule has 1 heterocycles. The van der Waals surface area contributed by atoms with Crippen molar-refractivity contribution in [2.45, 2.75) is 101 Å². The number of ether oxygens (including phenoxy) is 2. The number of alkyl carbamates (subject to hydrolysis) is 1. The first kappa shape index (κ1) is 41.9. The molecule has 0 aromatic heterocycles. The molecule has 1 saturated heterocycles. The summed E-state index contributed by atoms with van der Waals surface area (Å²) < 4.78 is 12.8. The number of esters is 1. The number of nitrogens with one attached hydrogen (secondary N) is 1. The predicted octanol–water partition coefficient (Wildman–Crippen LogP) is 11.9. The van der Waals surface area contributed by atoms with E-state index < -0.39 is 30.1 Å². The van der Waals surface area contributed by atoms with Gasteiger partial charge in [0.15, 0.2) is 5.60 Å². The van der Waals surface area contributed by atoms with E-state index in [1.165, 1.54) is 56.9 Å². The monoisotopic (exact) mass is 848 g/mol. The molecule has 4 unspecified atom stereocenters. The van der Waals surface area contributed by atoms with Crippen molar-refractivity contribution in [3.8, 4) is 11.1 Å². The van der Waals surface area contributed by atoms with Crippen molar-refractivity contribution in [3.63, 3.8) is 0 Å². The molecule has 0 spiro atoms. The Labute approximate surface area is 371 Å². The minimum Gasteiger partial charge on any atom is -0.449 e. The Bertz CT molecular complexity index is 2320. The van der Waals surface area contributed by atoms with Crippen molar-refractivity contribution in [1.29, 1.82) is 0 Å². The molecular formula is C54H57ClN2O5. The van der Waals surface area contributed by atoms with Crippen molar-refractivity contribution >= 4 is 29.6 Å². The number of halogens is 1. The third-order valence-electron chi connectivity index (χ3n) is 14.0. The van der Waals surface area contributed by atoms with E-state index in [4.69, 9.17) is 21.1 Å². The van der Waals surface area contributed by atoms with Crippen LogP contribution in [-0.4, -0.2) is 48.6 Å². The molecule has 8 heteroatoms. The maximum Gasteiger partial charge on any atom is 0.407 e. The van der Waals surface area contributed by atoms with Gasteiger partial charge >= 0.3 is 12.1 Å². The fraction of sp³-hybridized carbons (Fsp3) is 0.389. The fourth-order valence-electron chi connectivity index (χ4n) is 10.6. The number of hydrogen-bond acceptors (Lipinski definition) is 5. The van der Waals surface area contributed by atoms with E-state index in [1.807, 2.05) is 78.9 Å². The quantitative estimate of drug-likeness (QED) is 0.106. The van der Waals surface area contributed by atoms with Crippen LogP contribution in [0.25, 0.3) is 11.1 Å². The molecule has 4 aliphatic rings. The van der Waals surface area contributed by atoms with Crippen LogP contribution in [-0.2, 0) is 24.7 Å². The molecule has 7 nitrogen and oxygen atoms in total. The minimum atomic E-state index is -1.46. The van der Waals surface area contributed by atoms with Gasteiger partial charge in [0.05, 0.1) is 6.42 Å². The molecule has 5 aromatic rings. The Morgan fingerprint density at radius 3 is 1.98 bits per heavy atom. The van der Waals surface area contributed by atoms with Gasteiger partial charge in [0.2, 0.25) is 5.91 Å². The number of hydrogen-bond donors (Lipinski definition) is 1. The van der Waals surface area contributed by atoms with Crippen molar-refractivity contribution in [2.75, 3.05) is 19.7 Å². The van der Waals surface area contributed by atoms with E-state index in [0.717, 1.165) is 64.5 Å². The number of fused-ring (bicyclic) bond motifs is 4. The van der Waals surface area contributed by atoms with Crippen molar-refractivity contribution in [1.82, 2.24) is 10.2 Å². The zero-order chi connectivity index (χ0) is 42.5. The van der Waals surface area contributed by atoms with Crippen molar-refractivity contribution in [2.24, 2.45) is 11.8 Å². The maximum atomic E-state index is 14.8. The fourth-order valence-corrected chi connectivity index (χ4v) is 10.9. The second kappa shape index (κ2) is 18.9. The Hall–Kier alpha value is -5.40. The summed E-state index contributed by atoms with van der Waals surface area (Å²) >= 11 is 7.08. The van der Waals surface area contributed by atoms with Gasteiger partial charge in [-0.05, 0) is 90.2 Å². The lowest BCUT2D eigenvalue weighted by molar-refractivity contribution is -0.156. The Morgan fingerprint density at radius 2 is 1.27 bits per heavy atom. The van der Waals surface area contributed by atoms with Crippen LogP contribution in [0, 0.1) is 11.8 Å². The number of piperidine rings is 1. The number of carbonyl (C=O) groups excluding carboxylic acids is 3. The molecule has 320 valence electrons. The number of benzene rings is 5. The van der Waals surface area contributed by atoms with Crippen LogP contribution < -0.4 is 5.32 Å². The average Bonchev–Trinajstić information content (AvgIpc) is 3.99. The van der Waals surface area contributed by atoms with E-state index in [9.17, 15) is 14.4 Å². The van der Waals surface area contributed by atoms with E-state index >= 15 is 0 Å². The topological polar surface area (TPSA) is 84.9 Å². The molecule has 1 aliphatic heterocycles. The number of carbonyl (C=O) groups is 3. The molecule has 5 atom stereocenters. The number of likely N-dealkylation sites (tertiary alicyclic amines) is 1. The van der Waals surface area contributed by atoms with Crippen LogP contribution in [0.4, 0.5) is 4.79 Å². The number of rotatable bonds is 11. The molecular weight excluding hydrogens is 792 g/mol. The van der Waals surface area contributed by atoms with Gasteiger partial charge in [-0.15, -0.1) is 0 Å². The molecule has 3 aliphatic carbocycles. The summed E-state index contributed by atoms with van der Waals surface area (Å²) in [6.45, 7) is 1.19. The number of amides is 2. The van der Waals surface area contributed by atoms with Crippen LogP contribution in [0.3, 0.4) is 0 Å². The van der Waals surface area contributed by atoms with Gasteiger partial charge in [-0.25, -0.2) is 4.79 Å². The van der Waals surface area contributed by atoms with E-state index in [-0.39, 0.29) is 18.4 Å². The number of nitrogens with zero attached hydrogens (tertiary/aromatic N) is 1. The van der Waals surface area contributed by atoms with Gasteiger partial charge < -0.3 is 19.7 Å². The highest BCUT2D eigenvalue weighted by Crippen LogP contribution is 2.50. The first-order valence-electron chi connectivity index (χ1n) is 22.9. The Balaban J connectivity index is 1.00. The maximum absolute atomic E-state index is 14.8. The van der Waals surface area contributed by atoms with Gasteiger partial charge in [0.1, 0.15) is 12.6 Å². The molecule has 2 amide bonds. The highest BCUT2D eigenvalue weighted by atomic mass is 35.5. The summed E-state index contributed by atoms with van der Waals surface area (Å²) in [6.07, 6.45) is 11.9. The van der Waals surface area contributed by atoms with Crippen molar-refractivity contribution < 1.29 is 23.9 Å². The zero-order valence-corrected chi connectivity index (χ0v) is 36.2. The first-order chi connectivity index (χ1) is 30.4. The summed E-state index contributed by atoms with van der Waals surface area (Å²) in [6, 6.07) is 40.9. The molecule has 1 N–H and O–H groups in total. The second-order valence-electron chi connectivity index (χ2n) is 17.9. The third-order valence-corrected chi connectivity index (χ3v) is 14.3. The third kappa shape index (κ3) is 8.92. The van der Waals surface area contributed by atoms with E-state index in [1.54, 1.807) is 4.90 Å². The molecule has 9 rings (SSSR count). The van der Waals surface area contributed by atoms with Crippen LogP contribution in [0.1, 0.15) is 122 Å². The lowest BCUT2D eigenvalue weighted by Crippen LogP contribution is -2.51. The smallest absolute Gasteiger partial charge is 0.407 e. The van der Waals surface area contributed by atoms with Gasteiger partial charge in [-0.1, -0.05) is 165 Å². The zero-order valence-electron chi connectivity index (χ0n) is 35.5. The average molecular weight is 850 g/mol. The standard InChI is InChI=1S/C54H57ClN2O5/c55-49-26-14-13-25-48(49)54(41-19-7-3-8-20-41,42-29-27-37(28-30-42)38-17-5-1-2-6-18-39-34-40(39)33-38)62-51(58)35-50(52(59)57-31-15-4-16-32-57)56-53(60)61-36-47-45-23-11-9-21-43(45)44-22-10-12-24-46(44)47/h3,7-14,19-30,38-40,47,50H,1-2,4-6,15-18,31-36H2,(H,56,60)/t38?,39?,40?,50-,54?/m0/s1. The molecule has 0 radical (unpaired) electrons. The van der Waals surface area contributed by atoms with Crippen LogP contribution >= 0.6 is 11.6 Å². The molecule has 2 saturated carbocycles. The predicted molar refractivity (Wildman–Crippen MR) is 244 cm³/mol. The van der Waals surface area contributed by atoms with Crippen LogP contribution in [0.15, 0.2) is 127 Å². The van der Waals surface area contributed by atoms with E-state index in [0.29, 0.717) is 29.6 Å². The van der Waals surface area contributed by atoms with Crippen LogP contribution in [0.2, 0.25) is 5.02 Å². The van der Waals surface area contributed by atoms with Gasteiger partial charge in [0.25, 0.3) is 0 Å². The largest absolute Gasteiger partial charge is 0.449 e. The van der Waals surface area contributed by atoms with E-state index in [2.05, 4.69) is 53.8 Å². The van der Waals surface area contributed by atoms with Gasteiger partial charge in [-0.3, -0.25) is 9.59 Å². The van der Waals surface area contributed by atoms with Gasteiger partial charge in [-0.2, -0.15) is 0 Å². The lowest BCUT2D eigenvalue weighted by atomic mass is 9.78. The minimum absolute atomic E-state index is 0.0800. The SMILES string of the molecule is O=C(C[C@H](NC(=O)OCC1c2ccccc2-c2ccccc21)C(=O)N1CCCCC1)OC(c1ccccc1)(c1ccc(C2CCCCCCC3CC3C2)cc1)c1ccccc1Cl. The first-order valence-corrected chi connectivity index (χ1v) is 23.3. The highest BCUT2D eigenvalue weighted by Gasteiger charge is 2.44. The normalized spacial score (nSPS) is 21.2. The molecule has 3 fully saturated rings. The summed E-state index contributed by atoms with van der Waals surface area (Å²) in [5.41, 5.74) is 6.34.